The van der Waals surface area contributed by atoms with Crippen LogP contribution in [0.1, 0.15) is 16.0 Å². The fourth-order valence-electron chi connectivity index (χ4n) is 1.88. The summed E-state index contributed by atoms with van der Waals surface area (Å²) in [4.78, 5) is 1.34. The fourth-order valence-corrected chi connectivity index (χ4v) is 4.31. The highest BCUT2D eigenvalue weighted by Crippen LogP contribution is 2.23. The number of hydrogen-bond donors (Lipinski definition) is 0. The number of hydrogen-bond acceptors (Lipinski definition) is 3. The number of benzene rings is 1. The Kier molecular flexibility index (Phi) is 4.86. The standard InChI is InChI=1S/C14H16ClNO2S2/c1-11-5-6-12(9-15)8-14(11)20(17,18)16(2)10-13-4-3-7-19-13/h3-8H,9-10H2,1-2H3. The zero-order valence-corrected chi connectivity index (χ0v) is 13.7. The van der Waals surface area contributed by atoms with E-state index in [-0.39, 0.29) is 0 Å². The third-order valence-electron chi connectivity index (χ3n) is 3.05. The third kappa shape index (κ3) is 3.23. The Balaban J connectivity index is 2.34. The van der Waals surface area contributed by atoms with Crippen LogP contribution >= 0.6 is 22.9 Å². The van der Waals surface area contributed by atoms with Crippen molar-refractivity contribution >= 4 is 33.0 Å². The summed E-state index contributed by atoms with van der Waals surface area (Å²) in [6, 6.07) is 9.14. The molecule has 0 atom stereocenters. The van der Waals surface area contributed by atoms with Gasteiger partial charge in [-0.1, -0.05) is 18.2 Å². The summed E-state index contributed by atoms with van der Waals surface area (Å²) < 4.78 is 26.6. The zero-order chi connectivity index (χ0) is 14.8. The van der Waals surface area contributed by atoms with Crippen molar-refractivity contribution in [3.63, 3.8) is 0 Å². The molecular formula is C14H16ClNO2S2. The highest BCUT2D eigenvalue weighted by Gasteiger charge is 2.23. The quantitative estimate of drug-likeness (QED) is 0.786. The minimum absolute atomic E-state index is 0.303. The van der Waals surface area contributed by atoms with Gasteiger partial charge in [-0.05, 0) is 35.6 Å². The van der Waals surface area contributed by atoms with Gasteiger partial charge in [0.05, 0.1) is 4.90 Å². The molecule has 1 heterocycles. The highest BCUT2D eigenvalue weighted by molar-refractivity contribution is 7.89. The van der Waals surface area contributed by atoms with Crippen LogP contribution in [0.3, 0.4) is 0 Å². The van der Waals surface area contributed by atoms with Crippen LogP contribution in [0.4, 0.5) is 0 Å². The van der Waals surface area contributed by atoms with Gasteiger partial charge in [-0.15, -0.1) is 22.9 Å². The van der Waals surface area contributed by atoms with Crippen molar-refractivity contribution in [1.82, 2.24) is 4.31 Å². The Morgan fingerprint density at radius 1 is 1.30 bits per heavy atom. The molecule has 1 aromatic carbocycles. The largest absolute Gasteiger partial charge is 0.243 e. The van der Waals surface area contributed by atoms with Crippen LogP contribution in [0.25, 0.3) is 0 Å². The average Bonchev–Trinajstić information content (AvgIpc) is 2.92. The van der Waals surface area contributed by atoms with Gasteiger partial charge in [-0.25, -0.2) is 8.42 Å². The van der Waals surface area contributed by atoms with E-state index >= 15 is 0 Å². The summed E-state index contributed by atoms with van der Waals surface area (Å²) in [6.45, 7) is 2.18. The normalized spacial score (nSPS) is 12.0. The van der Waals surface area contributed by atoms with E-state index in [1.807, 2.05) is 23.6 Å². The van der Waals surface area contributed by atoms with Crippen LogP contribution in [0.15, 0.2) is 40.6 Å². The Morgan fingerprint density at radius 2 is 2.05 bits per heavy atom. The molecular weight excluding hydrogens is 314 g/mol. The van der Waals surface area contributed by atoms with E-state index in [2.05, 4.69) is 0 Å². The van der Waals surface area contributed by atoms with Gasteiger partial charge in [-0.3, -0.25) is 0 Å². The molecule has 0 amide bonds. The van der Waals surface area contributed by atoms with Crippen LogP contribution in [-0.4, -0.2) is 19.8 Å². The van der Waals surface area contributed by atoms with Gasteiger partial charge in [0, 0.05) is 24.3 Å². The SMILES string of the molecule is Cc1ccc(CCl)cc1S(=O)(=O)N(C)Cc1cccs1. The van der Waals surface area contributed by atoms with Crippen molar-refractivity contribution in [1.29, 1.82) is 0 Å². The molecule has 108 valence electrons. The van der Waals surface area contributed by atoms with E-state index in [9.17, 15) is 8.42 Å². The lowest BCUT2D eigenvalue weighted by molar-refractivity contribution is 0.469. The monoisotopic (exact) mass is 329 g/mol. The first kappa shape index (κ1) is 15.5. The molecule has 2 rings (SSSR count). The second kappa shape index (κ2) is 6.26. The summed E-state index contributed by atoms with van der Waals surface area (Å²) in [5.41, 5.74) is 1.54. The van der Waals surface area contributed by atoms with Crippen molar-refractivity contribution in [3.05, 3.63) is 51.7 Å². The number of sulfonamides is 1. The van der Waals surface area contributed by atoms with Gasteiger partial charge in [-0.2, -0.15) is 4.31 Å². The topological polar surface area (TPSA) is 37.4 Å². The first-order chi connectivity index (χ1) is 9.45. The molecule has 0 aliphatic heterocycles. The van der Waals surface area contributed by atoms with E-state index in [4.69, 9.17) is 11.6 Å². The van der Waals surface area contributed by atoms with E-state index in [0.29, 0.717) is 17.3 Å². The average molecular weight is 330 g/mol. The summed E-state index contributed by atoms with van der Waals surface area (Å²) >= 11 is 7.34. The smallest absolute Gasteiger partial charge is 0.207 e. The lowest BCUT2D eigenvalue weighted by atomic mass is 10.2. The first-order valence-electron chi connectivity index (χ1n) is 6.09. The minimum Gasteiger partial charge on any atom is -0.207 e. The summed E-state index contributed by atoms with van der Waals surface area (Å²) in [5, 5.41) is 1.94. The van der Waals surface area contributed by atoms with Gasteiger partial charge >= 0.3 is 0 Å². The lowest BCUT2D eigenvalue weighted by Gasteiger charge is -2.18. The second-order valence-corrected chi connectivity index (χ2v) is 7.89. The maximum absolute atomic E-state index is 12.6. The summed E-state index contributed by atoms with van der Waals surface area (Å²) in [7, 11) is -1.90. The molecule has 1 aromatic heterocycles. The molecule has 0 unspecified atom stereocenters. The van der Waals surface area contributed by atoms with Crippen molar-refractivity contribution < 1.29 is 8.42 Å². The van der Waals surface area contributed by atoms with Crippen LogP contribution < -0.4 is 0 Å². The number of rotatable bonds is 5. The molecule has 0 saturated heterocycles. The van der Waals surface area contributed by atoms with Crippen molar-refractivity contribution in [2.24, 2.45) is 0 Å². The van der Waals surface area contributed by atoms with Crippen molar-refractivity contribution in [3.8, 4) is 0 Å². The molecule has 0 bridgehead atoms. The predicted octanol–water partition coefficient (Wildman–Crippen LogP) is 3.62. The van der Waals surface area contributed by atoms with Crippen LogP contribution in [0, 0.1) is 6.92 Å². The van der Waals surface area contributed by atoms with Crippen LogP contribution in [0.5, 0.6) is 0 Å². The Labute approximate surface area is 128 Å². The number of alkyl halides is 1. The number of thiophene rings is 1. The molecule has 2 aromatic rings. The molecule has 0 saturated carbocycles. The zero-order valence-electron chi connectivity index (χ0n) is 11.3. The molecule has 0 N–H and O–H groups in total. The molecule has 0 fully saturated rings. The third-order valence-corrected chi connectivity index (χ3v) is 6.17. The lowest BCUT2D eigenvalue weighted by Crippen LogP contribution is -2.26. The fraction of sp³-hybridized carbons (Fsp3) is 0.286. The van der Waals surface area contributed by atoms with E-state index in [1.54, 1.807) is 37.4 Å². The first-order valence-corrected chi connectivity index (χ1v) is 8.95. The molecule has 20 heavy (non-hydrogen) atoms. The van der Waals surface area contributed by atoms with E-state index < -0.39 is 10.0 Å². The van der Waals surface area contributed by atoms with Gasteiger partial charge in [0.1, 0.15) is 0 Å². The van der Waals surface area contributed by atoms with Crippen molar-refractivity contribution in [2.75, 3.05) is 7.05 Å². The van der Waals surface area contributed by atoms with Gasteiger partial charge in [0.2, 0.25) is 10.0 Å². The van der Waals surface area contributed by atoms with Gasteiger partial charge in [0.25, 0.3) is 0 Å². The molecule has 3 nitrogen and oxygen atoms in total. The Bertz CT molecular complexity index is 681. The predicted molar refractivity (Wildman–Crippen MR) is 83.7 cm³/mol. The number of halogens is 1. The summed E-state index contributed by atoms with van der Waals surface area (Å²) in [5.74, 6) is 0.303. The van der Waals surface area contributed by atoms with Gasteiger partial charge in [0.15, 0.2) is 0 Å². The van der Waals surface area contributed by atoms with Crippen molar-refractivity contribution in [2.45, 2.75) is 24.2 Å². The van der Waals surface area contributed by atoms with Gasteiger partial charge < -0.3 is 0 Å². The molecule has 0 spiro atoms. The van der Waals surface area contributed by atoms with Crippen LogP contribution in [0.2, 0.25) is 0 Å². The number of nitrogens with zero attached hydrogens (tertiary/aromatic N) is 1. The highest BCUT2D eigenvalue weighted by atomic mass is 35.5. The minimum atomic E-state index is -3.50. The molecule has 6 heteroatoms. The summed E-state index contributed by atoms with van der Waals surface area (Å²) in [6.07, 6.45) is 0. The maximum Gasteiger partial charge on any atom is 0.243 e. The van der Waals surface area contributed by atoms with E-state index in [1.165, 1.54) is 4.31 Å². The molecule has 0 radical (unpaired) electrons. The Morgan fingerprint density at radius 3 is 2.65 bits per heavy atom. The maximum atomic E-state index is 12.6. The number of aryl methyl sites for hydroxylation is 1. The van der Waals surface area contributed by atoms with Crippen LogP contribution in [-0.2, 0) is 22.4 Å². The molecule has 0 aliphatic carbocycles. The molecule has 0 aliphatic rings. The van der Waals surface area contributed by atoms with E-state index in [0.717, 1.165) is 16.0 Å². The Hall–Kier alpha value is -0.880. The second-order valence-electron chi connectivity index (χ2n) is 4.57.